The third-order valence-electron chi connectivity index (χ3n) is 7.59. The molecule has 0 aromatic rings. The molecule has 0 aliphatic heterocycles. The highest BCUT2D eigenvalue weighted by Gasteiger charge is 2.51. The van der Waals surface area contributed by atoms with Gasteiger partial charge in [-0.25, -0.2) is 0 Å². The smallest absolute Gasteiger partial charge is 0.0704 e. The topological polar surface area (TPSA) is 18.5 Å². The number of fused-ring (bicyclic) bond motifs is 4. The third kappa shape index (κ3) is 2.57. The summed E-state index contributed by atoms with van der Waals surface area (Å²) in [6, 6.07) is 0. The van der Waals surface area contributed by atoms with E-state index in [4.69, 9.17) is 9.47 Å². The van der Waals surface area contributed by atoms with Gasteiger partial charge in [0.05, 0.1) is 25.4 Å². The van der Waals surface area contributed by atoms with Crippen LogP contribution in [0, 0.1) is 29.1 Å². The van der Waals surface area contributed by atoms with Crippen molar-refractivity contribution in [1.82, 2.24) is 0 Å². The monoisotopic (exact) mass is 292 g/mol. The van der Waals surface area contributed by atoms with Crippen LogP contribution in [0.25, 0.3) is 0 Å². The molecule has 0 heterocycles. The molecular weight excluding hydrogens is 260 g/mol. The van der Waals surface area contributed by atoms with Crippen LogP contribution in [0.15, 0.2) is 0 Å². The van der Waals surface area contributed by atoms with E-state index < -0.39 is 0 Å². The van der Waals surface area contributed by atoms with Gasteiger partial charge < -0.3 is 9.47 Å². The highest BCUT2D eigenvalue weighted by Crippen LogP contribution is 2.57. The first-order valence-corrected chi connectivity index (χ1v) is 9.38. The first kappa shape index (κ1) is 14.5. The summed E-state index contributed by atoms with van der Waals surface area (Å²) >= 11 is 0. The Hall–Kier alpha value is -0.0800. The van der Waals surface area contributed by atoms with Crippen molar-refractivity contribution in [3.8, 4) is 0 Å². The highest BCUT2D eigenvalue weighted by molar-refractivity contribution is 5.00. The van der Waals surface area contributed by atoms with E-state index in [0.29, 0.717) is 17.6 Å². The summed E-state index contributed by atoms with van der Waals surface area (Å²) in [7, 11) is 0. The standard InChI is InChI=1S/C19H32O2/c1-13(19(2)12-15-4-6-17(19)10-15)20-7-8-21-18-11-14-3-5-16(18)9-14/h13-18H,3-12H2,1-2H3. The van der Waals surface area contributed by atoms with Crippen LogP contribution >= 0.6 is 0 Å². The fraction of sp³-hybridized carbons (Fsp3) is 1.00. The van der Waals surface area contributed by atoms with E-state index in [1.54, 1.807) is 0 Å². The van der Waals surface area contributed by atoms with Crippen molar-refractivity contribution >= 4 is 0 Å². The zero-order chi connectivity index (χ0) is 14.4. The van der Waals surface area contributed by atoms with Gasteiger partial charge in [0.25, 0.3) is 0 Å². The average Bonchev–Trinajstić information content (AvgIpc) is 3.22. The maximum atomic E-state index is 6.20. The van der Waals surface area contributed by atoms with Gasteiger partial charge in [-0.05, 0) is 81.0 Å². The lowest BCUT2D eigenvalue weighted by Gasteiger charge is -2.39. The fourth-order valence-electron chi connectivity index (χ4n) is 6.15. The van der Waals surface area contributed by atoms with Crippen molar-refractivity contribution in [2.75, 3.05) is 13.2 Å². The van der Waals surface area contributed by atoms with Crippen molar-refractivity contribution in [3.63, 3.8) is 0 Å². The molecule has 0 aromatic carbocycles. The average molecular weight is 292 g/mol. The first-order chi connectivity index (χ1) is 10.1. The third-order valence-corrected chi connectivity index (χ3v) is 7.59. The van der Waals surface area contributed by atoms with Gasteiger partial charge in [-0.1, -0.05) is 13.3 Å². The van der Waals surface area contributed by atoms with Crippen molar-refractivity contribution in [2.24, 2.45) is 29.1 Å². The van der Waals surface area contributed by atoms with Crippen LogP contribution in [0.4, 0.5) is 0 Å². The highest BCUT2D eigenvalue weighted by atomic mass is 16.5. The zero-order valence-electron chi connectivity index (χ0n) is 13.9. The van der Waals surface area contributed by atoms with Gasteiger partial charge in [-0.15, -0.1) is 0 Å². The lowest BCUT2D eigenvalue weighted by Crippen LogP contribution is -2.38. The van der Waals surface area contributed by atoms with E-state index in [0.717, 1.165) is 36.9 Å². The molecule has 0 saturated heterocycles. The number of hydrogen-bond acceptors (Lipinski definition) is 2. The minimum absolute atomic E-state index is 0.399. The molecule has 0 spiro atoms. The van der Waals surface area contributed by atoms with Crippen LogP contribution in [0.5, 0.6) is 0 Å². The summed E-state index contributed by atoms with van der Waals surface area (Å²) in [6.07, 6.45) is 12.4. The Kier molecular flexibility index (Phi) is 3.82. The lowest BCUT2D eigenvalue weighted by atomic mass is 9.71. The van der Waals surface area contributed by atoms with Crippen molar-refractivity contribution in [1.29, 1.82) is 0 Å². The van der Waals surface area contributed by atoms with Gasteiger partial charge in [0.15, 0.2) is 0 Å². The Bertz CT molecular complexity index is 382. The van der Waals surface area contributed by atoms with Crippen LogP contribution in [0.1, 0.15) is 65.2 Å². The van der Waals surface area contributed by atoms with Gasteiger partial charge in [0.2, 0.25) is 0 Å². The molecule has 4 fully saturated rings. The van der Waals surface area contributed by atoms with Crippen LogP contribution in [0.3, 0.4) is 0 Å². The molecule has 4 rings (SSSR count). The molecule has 0 radical (unpaired) electrons. The Morgan fingerprint density at radius 3 is 2.48 bits per heavy atom. The molecule has 2 nitrogen and oxygen atoms in total. The quantitative estimate of drug-likeness (QED) is 0.675. The van der Waals surface area contributed by atoms with Gasteiger partial charge in [-0.2, -0.15) is 0 Å². The molecule has 7 unspecified atom stereocenters. The second-order valence-corrected chi connectivity index (χ2v) is 8.68. The summed E-state index contributed by atoms with van der Waals surface area (Å²) < 4.78 is 12.3. The Balaban J connectivity index is 1.19. The minimum Gasteiger partial charge on any atom is -0.376 e. The predicted octanol–water partition coefficient (Wildman–Crippen LogP) is 4.42. The first-order valence-electron chi connectivity index (χ1n) is 9.38. The second-order valence-electron chi connectivity index (χ2n) is 8.68. The summed E-state index contributed by atoms with van der Waals surface area (Å²) in [4.78, 5) is 0. The summed E-state index contributed by atoms with van der Waals surface area (Å²) in [5, 5.41) is 0. The summed E-state index contributed by atoms with van der Waals surface area (Å²) in [5.41, 5.74) is 0.440. The molecular formula is C19H32O2. The Morgan fingerprint density at radius 2 is 1.86 bits per heavy atom. The fourth-order valence-corrected chi connectivity index (χ4v) is 6.15. The maximum absolute atomic E-state index is 6.20. The van der Waals surface area contributed by atoms with E-state index in [9.17, 15) is 0 Å². The van der Waals surface area contributed by atoms with Crippen LogP contribution in [-0.4, -0.2) is 25.4 Å². The SMILES string of the molecule is CC(OCCOC1CC2CCC1C2)C1(C)CC2CCC1C2. The molecule has 4 aliphatic carbocycles. The zero-order valence-corrected chi connectivity index (χ0v) is 13.9. The summed E-state index contributed by atoms with van der Waals surface area (Å²) in [6.45, 7) is 6.38. The molecule has 120 valence electrons. The minimum atomic E-state index is 0.399. The normalized spacial score (nSPS) is 49.1. The number of hydrogen-bond donors (Lipinski definition) is 0. The second kappa shape index (κ2) is 5.53. The van der Waals surface area contributed by atoms with E-state index in [1.165, 1.54) is 51.4 Å². The van der Waals surface area contributed by atoms with Crippen LogP contribution < -0.4 is 0 Å². The molecule has 7 atom stereocenters. The van der Waals surface area contributed by atoms with Crippen molar-refractivity contribution in [3.05, 3.63) is 0 Å². The van der Waals surface area contributed by atoms with E-state index in [1.807, 2.05) is 0 Å². The lowest BCUT2D eigenvalue weighted by molar-refractivity contribution is -0.0808. The molecule has 2 heteroatoms. The molecule has 4 bridgehead atoms. The van der Waals surface area contributed by atoms with Gasteiger partial charge in [0, 0.05) is 0 Å². The van der Waals surface area contributed by atoms with E-state index in [-0.39, 0.29) is 0 Å². The largest absolute Gasteiger partial charge is 0.376 e. The van der Waals surface area contributed by atoms with Gasteiger partial charge in [-0.3, -0.25) is 0 Å². The van der Waals surface area contributed by atoms with E-state index >= 15 is 0 Å². The molecule has 0 aromatic heterocycles. The van der Waals surface area contributed by atoms with Crippen LogP contribution in [-0.2, 0) is 9.47 Å². The molecule has 0 amide bonds. The maximum Gasteiger partial charge on any atom is 0.0704 e. The van der Waals surface area contributed by atoms with Gasteiger partial charge in [0.1, 0.15) is 0 Å². The van der Waals surface area contributed by atoms with Crippen molar-refractivity contribution < 1.29 is 9.47 Å². The van der Waals surface area contributed by atoms with Crippen molar-refractivity contribution in [2.45, 2.75) is 77.4 Å². The Morgan fingerprint density at radius 1 is 1.00 bits per heavy atom. The molecule has 4 aliphatic rings. The molecule has 21 heavy (non-hydrogen) atoms. The van der Waals surface area contributed by atoms with Crippen LogP contribution in [0.2, 0.25) is 0 Å². The predicted molar refractivity (Wildman–Crippen MR) is 84.2 cm³/mol. The number of ether oxygens (including phenoxy) is 2. The molecule has 4 saturated carbocycles. The summed E-state index contributed by atoms with van der Waals surface area (Å²) in [5.74, 6) is 3.77. The molecule has 0 N–H and O–H groups in total. The number of rotatable bonds is 6. The van der Waals surface area contributed by atoms with Gasteiger partial charge >= 0.3 is 0 Å². The van der Waals surface area contributed by atoms with E-state index in [2.05, 4.69) is 13.8 Å². The Labute approximate surface area is 130 Å².